The molecule has 0 radical (unpaired) electrons. The maximum atomic E-state index is 13.8. The van der Waals surface area contributed by atoms with E-state index in [4.69, 9.17) is 4.74 Å². The Morgan fingerprint density at radius 2 is 2.03 bits per heavy atom. The molecular formula is C24H35NO4. The van der Waals surface area contributed by atoms with Gasteiger partial charge in [0.2, 0.25) is 5.91 Å². The molecule has 1 amide bonds. The Kier molecular flexibility index (Phi) is 4.20. The van der Waals surface area contributed by atoms with E-state index in [1.165, 1.54) is 5.57 Å². The largest absolute Gasteiger partial charge is 0.390 e. The highest BCUT2D eigenvalue weighted by Crippen LogP contribution is 2.66. The first kappa shape index (κ1) is 19.7. The average Bonchev–Trinajstić information content (AvgIpc) is 3.05. The van der Waals surface area contributed by atoms with Crippen LogP contribution in [-0.4, -0.2) is 40.6 Å². The van der Waals surface area contributed by atoms with Crippen molar-refractivity contribution in [2.45, 2.75) is 84.2 Å². The molecule has 1 spiro atoms. The Labute approximate surface area is 173 Å². The van der Waals surface area contributed by atoms with Gasteiger partial charge in [-0.05, 0) is 44.9 Å². The fourth-order valence-corrected chi connectivity index (χ4v) is 8.01. The van der Waals surface area contributed by atoms with Gasteiger partial charge in [0.15, 0.2) is 0 Å². The van der Waals surface area contributed by atoms with Crippen LogP contribution >= 0.6 is 0 Å². The van der Waals surface area contributed by atoms with E-state index in [-0.39, 0.29) is 59.0 Å². The number of allylic oxidation sites excluding steroid dienone is 2. The number of fused-ring (bicyclic) bond motifs is 6. The number of ketones is 1. The normalized spacial score (nSPS) is 53.3. The molecule has 5 nitrogen and oxygen atoms in total. The van der Waals surface area contributed by atoms with E-state index in [1.807, 2.05) is 0 Å². The lowest BCUT2D eigenvalue weighted by molar-refractivity contribution is -0.157. The van der Waals surface area contributed by atoms with E-state index in [1.54, 1.807) is 0 Å². The molecule has 3 heterocycles. The fourth-order valence-electron chi connectivity index (χ4n) is 8.01. The molecule has 0 aromatic carbocycles. The Morgan fingerprint density at radius 3 is 2.72 bits per heavy atom. The van der Waals surface area contributed by atoms with Crippen LogP contribution in [0.4, 0.5) is 0 Å². The van der Waals surface area contributed by atoms with Crippen LogP contribution in [0, 0.1) is 40.9 Å². The maximum Gasteiger partial charge on any atom is 0.234 e. The van der Waals surface area contributed by atoms with Gasteiger partial charge in [-0.3, -0.25) is 9.59 Å². The van der Waals surface area contributed by atoms with Gasteiger partial charge in [0.25, 0.3) is 0 Å². The van der Waals surface area contributed by atoms with E-state index in [9.17, 15) is 14.7 Å². The molecule has 0 unspecified atom stereocenters. The first-order chi connectivity index (χ1) is 13.6. The van der Waals surface area contributed by atoms with Crippen molar-refractivity contribution in [3.63, 3.8) is 0 Å². The number of hydrogen-bond acceptors (Lipinski definition) is 4. The Balaban J connectivity index is 1.67. The quantitative estimate of drug-likeness (QED) is 0.551. The van der Waals surface area contributed by atoms with E-state index in [0.29, 0.717) is 18.8 Å². The third-order valence-corrected chi connectivity index (χ3v) is 9.18. The van der Waals surface area contributed by atoms with Crippen molar-refractivity contribution in [2.24, 2.45) is 40.9 Å². The predicted octanol–water partition coefficient (Wildman–Crippen LogP) is 2.86. The molecular weight excluding hydrogens is 366 g/mol. The Bertz CT molecular complexity index is 790. The van der Waals surface area contributed by atoms with Gasteiger partial charge in [-0.2, -0.15) is 0 Å². The highest BCUT2D eigenvalue weighted by molar-refractivity contribution is 6.10. The smallest absolute Gasteiger partial charge is 0.234 e. The van der Waals surface area contributed by atoms with Crippen molar-refractivity contribution in [1.82, 2.24) is 5.32 Å². The molecule has 1 saturated carbocycles. The zero-order chi connectivity index (χ0) is 20.9. The van der Waals surface area contributed by atoms with Crippen LogP contribution in [0.25, 0.3) is 0 Å². The van der Waals surface area contributed by atoms with Gasteiger partial charge in [-0.15, -0.1) is 0 Å². The Morgan fingerprint density at radius 1 is 1.31 bits per heavy atom. The Hall–Kier alpha value is -1.20. The van der Waals surface area contributed by atoms with Gasteiger partial charge in [-0.25, -0.2) is 0 Å². The molecule has 2 bridgehead atoms. The number of amides is 1. The van der Waals surface area contributed by atoms with Crippen molar-refractivity contribution in [3.05, 3.63) is 11.6 Å². The number of rotatable bonds is 2. The molecule has 5 rings (SSSR count). The number of hydrogen-bond donors (Lipinski definition) is 2. The van der Waals surface area contributed by atoms with Crippen molar-refractivity contribution >= 4 is 11.7 Å². The minimum absolute atomic E-state index is 0.00910. The number of nitrogens with one attached hydrogen (secondary N) is 1. The summed E-state index contributed by atoms with van der Waals surface area (Å²) in [6.45, 7) is 10.9. The van der Waals surface area contributed by atoms with Gasteiger partial charge >= 0.3 is 0 Å². The summed E-state index contributed by atoms with van der Waals surface area (Å²) in [5.41, 5.74) is -0.0420. The second-order valence-corrected chi connectivity index (χ2v) is 11.1. The third kappa shape index (κ3) is 2.35. The topological polar surface area (TPSA) is 75.6 Å². The van der Waals surface area contributed by atoms with Crippen LogP contribution in [0.3, 0.4) is 0 Å². The van der Waals surface area contributed by atoms with Crippen LogP contribution in [-0.2, 0) is 14.3 Å². The van der Waals surface area contributed by atoms with Crippen molar-refractivity contribution < 1.29 is 19.4 Å². The number of carbonyl (C=O) groups is 2. The summed E-state index contributed by atoms with van der Waals surface area (Å²) in [6, 6.07) is 0.0456. The van der Waals surface area contributed by atoms with Gasteiger partial charge in [-0.1, -0.05) is 32.4 Å². The molecule has 10 atom stereocenters. The zero-order valence-electron chi connectivity index (χ0n) is 18.3. The molecule has 0 aromatic rings. The second kappa shape index (κ2) is 6.16. The lowest BCUT2D eigenvalue weighted by atomic mass is 9.46. The summed E-state index contributed by atoms with van der Waals surface area (Å²) in [5.74, 6) is 0.687. The molecule has 2 N–H and O–H groups in total. The van der Waals surface area contributed by atoms with Crippen LogP contribution in [0.1, 0.15) is 60.3 Å². The number of carbonyl (C=O) groups excluding carboxylic acids is 2. The van der Waals surface area contributed by atoms with Gasteiger partial charge < -0.3 is 15.2 Å². The molecule has 160 valence electrons. The number of aliphatic hydroxyl groups is 1. The second-order valence-electron chi connectivity index (χ2n) is 11.1. The van der Waals surface area contributed by atoms with Crippen molar-refractivity contribution in [3.8, 4) is 0 Å². The number of aliphatic hydroxyl groups excluding tert-OH is 1. The van der Waals surface area contributed by atoms with Crippen LogP contribution in [0.15, 0.2) is 11.6 Å². The first-order valence-electron chi connectivity index (χ1n) is 11.5. The highest BCUT2D eigenvalue weighted by Gasteiger charge is 2.74. The summed E-state index contributed by atoms with van der Waals surface area (Å²) in [5, 5.41) is 13.8. The minimum Gasteiger partial charge on any atom is -0.390 e. The lowest BCUT2D eigenvalue weighted by Gasteiger charge is -2.53. The molecule has 2 aliphatic carbocycles. The summed E-state index contributed by atoms with van der Waals surface area (Å²) in [7, 11) is 0. The molecule has 3 aliphatic heterocycles. The van der Waals surface area contributed by atoms with Crippen LogP contribution in [0.2, 0.25) is 0 Å². The monoisotopic (exact) mass is 401 g/mol. The van der Waals surface area contributed by atoms with Crippen LogP contribution < -0.4 is 5.32 Å². The van der Waals surface area contributed by atoms with Gasteiger partial charge in [0, 0.05) is 36.1 Å². The summed E-state index contributed by atoms with van der Waals surface area (Å²) in [4.78, 5) is 27.5. The van der Waals surface area contributed by atoms with Crippen molar-refractivity contribution in [2.75, 3.05) is 0 Å². The summed E-state index contributed by atoms with van der Waals surface area (Å²) in [6.07, 6.45) is 4.23. The third-order valence-electron chi connectivity index (χ3n) is 9.18. The van der Waals surface area contributed by atoms with E-state index >= 15 is 0 Å². The number of ether oxygens (including phenoxy) is 1. The van der Waals surface area contributed by atoms with E-state index in [2.05, 4.69) is 46.0 Å². The molecule has 0 aromatic heterocycles. The average molecular weight is 402 g/mol. The molecule has 29 heavy (non-hydrogen) atoms. The highest BCUT2D eigenvalue weighted by atomic mass is 16.5. The fraction of sp³-hybridized carbons (Fsp3) is 0.833. The minimum atomic E-state index is -0.964. The standard InChI is InChI=1S/C24H35NO4/c1-11(2)8-16-19-13(4)12(3)9-15-20-14(10-18(27)24(15,19)22(28)25-16)21-17(26)6-7-23(20,5)29-21/h9,11,13-17,19-21,26H,6-8,10H2,1-5H3,(H,25,28)/t13-,14+,15-,16+,17-,19+,20+,21+,23+,24+/m1/s1. The molecule has 3 saturated heterocycles. The number of Topliss-reactive ketones (excluding diaryl/α,β-unsaturated/α-hetero) is 1. The van der Waals surface area contributed by atoms with Crippen LogP contribution in [0.5, 0.6) is 0 Å². The maximum absolute atomic E-state index is 13.8. The summed E-state index contributed by atoms with van der Waals surface area (Å²) >= 11 is 0. The van der Waals surface area contributed by atoms with Crippen molar-refractivity contribution in [1.29, 1.82) is 0 Å². The molecule has 5 heteroatoms. The predicted molar refractivity (Wildman–Crippen MR) is 109 cm³/mol. The molecule has 5 aliphatic rings. The zero-order valence-corrected chi connectivity index (χ0v) is 18.3. The van der Waals surface area contributed by atoms with E-state index in [0.717, 1.165) is 12.8 Å². The SMILES string of the molecule is CC1=C[C@@H]2[C@@H]3[C@H](CC(=O)[C@@]24C(=O)N[C@@H](CC(C)C)[C@@H]4[C@@H]1C)[C@@H]1O[C@@]3(C)CC[C@H]1O. The van der Waals surface area contributed by atoms with E-state index < -0.39 is 11.5 Å². The van der Waals surface area contributed by atoms with Gasteiger partial charge in [0.05, 0.1) is 17.8 Å². The summed E-state index contributed by atoms with van der Waals surface area (Å²) < 4.78 is 6.41. The van der Waals surface area contributed by atoms with Gasteiger partial charge in [0.1, 0.15) is 11.2 Å². The first-order valence-corrected chi connectivity index (χ1v) is 11.5. The lowest BCUT2D eigenvalue weighted by Crippen LogP contribution is -2.61. The molecule has 4 fully saturated rings.